The number of rotatable bonds is 6. The highest BCUT2D eigenvalue weighted by Crippen LogP contribution is 2.21. The van der Waals surface area contributed by atoms with Gasteiger partial charge in [-0.2, -0.15) is 0 Å². The normalized spacial score (nSPS) is 10.1. The molecule has 3 N–H and O–H groups in total. The summed E-state index contributed by atoms with van der Waals surface area (Å²) in [7, 11) is 2.55. The lowest BCUT2D eigenvalue weighted by molar-refractivity contribution is 0.0167. The van der Waals surface area contributed by atoms with Crippen LogP contribution in [0.5, 0.6) is 0 Å². The van der Waals surface area contributed by atoms with Crippen molar-refractivity contribution in [1.82, 2.24) is 14.6 Å². The first-order valence-corrected chi connectivity index (χ1v) is 8.64. The molecule has 1 amide bonds. The van der Waals surface area contributed by atoms with Crippen LogP contribution in [0, 0.1) is 12.7 Å². The highest BCUT2D eigenvalue weighted by atomic mass is 19.1. The number of aryl methyl sites for hydroxylation is 1. The van der Waals surface area contributed by atoms with E-state index in [1.165, 1.54) is 26.2 Å². The first kappa shape index (κ1) is 23.1. The van der Waals surface area contributed by atoms with Crippen LogP contribution in [0.1, 0.15) is 29.8 Å². The van der Waals surface area contributed by atoms with Crippen LogP contribution in [-0.2, 0) is 18.9 Å². The van der Waals surface area contributed by atoms with Crippen molar-refractivity contribution in [3.8, 4) is 0 Å². The quantitative estimate of drug-likeness (QED) is 0.495. The number of nitrogens with zero attached hydrogens (tertiary/aromatic N) is 2. The molecule has 0 aliphatic rings. The largest absolute Gasteiger partial charge is 0.394 e. The number of hydrogen-bond donors (Lipinski definition) is 3. The molecule has 9 nitrogen and oxygen atoms in total. The number of aliphatic hydroxyl groups is 1. The van der Waals surface area contributed by atoms with Gasteiger partial charge in [0.25, 0.3) is 11.5 Å². The van der Waals surface area contributed by atoms with Gasteiger partial charge in [0.1, 0.15) is 17.2 Å². The van der Waals surface area contributed by atoms with Gasteiger partial charge in [-0.3, -0.25) is 23.6 Å². The summed E-state index contributed by atoms with van der Waals surface area (Å²) < 4.78 is 15.9. The summed E-state index contributed by atoms with van der Waals surface area (Å²) in [6, 6.07) is 4.33. The summed E-state index contributed by atoms with van der Waals surface area (Å²) in [6.45, 7) is 5.18. The zero-order valence-corrected chi connectivity index (χ0v) is 16.5. The number of amides is 1. The van der Waals surface area contributed by atoms with Gasteiger partial charge in [-0.1, -0.05) is 19.9 Å². The third kappa shape index (κ3) is 5.05. The number of hydroxylamine groups is 1. The first-order valence-electron chi connectivity index (χ1n) is 8.64. The Morgan fingerprint density at radius 2 is 1.86 bits per heavy atom. The monoisotopic (exact) mass is 396 g/mol. The van der Waals surface area contributed by atoms with E-state index in [-0.39, 0.29) is 24.7 Å². The minimum Gasteiger partial charge on any atom is -0.394 e. The number of carbonyl (C=O) groups is 1. The second-order valence-corrected chi connectivity index (χ2v) is 5.54. The molecule has 0 spiro atoms. The third-order valence-corrected chi connectivity index (χ3v) is 3.63. The Morgan fingerprint density at radius 3 is 2.43 bits per heavy atom. The minimum absolute atomic E-state index is 0.0100. The van der Waals surface area contributed by atoms with Crippen molar-refractivity contribution in [2.24, 2.45) is 14.1 Å². The van der Waals surface area contributed by atoms with Crippen molar-refractivity contribution >= 4 is 17.4 Å². The van der Waals surface area contributed by atoms with Gasteiger partial charge in [0.2, 0.25) is 0 Å². The predicted octanol–water partition coefficient (Wildman–Crippen LogP) is 0.955. The van der Waals surface area contributed by atoms with Gasteiger partial charge in [-0.05, 0) is 24.6 Å². The zero-order valence-electron chi connectivity index (χ0n) is 16.5. The summed E-state index contributed by atoms with van der Waals surface area (Å²) in [4.78, 5) is 41.6. The van der Waals surface area contributed by atoms with Gasteiger partial charge in [0.15, 0.2) is 0 Å². The molecule has 1 heterocycles. The van der Waals surface area contributed by atoms with Crippen molar-refractivity contribution in [3.63, 3.8) is 0 Å². The molecule has 0 aliphatic heterocycles. The molecule has 0 bridgehead atoms. The van der Waals surface area contributed by atoms with E-state index >= 15 is 0 Å². The van der Waals surface area contributed by atoms with Gasteiger partial charge in [-0.15, -0.1) is 0 Å². The lowest BCUT2D eigenvalue weighted by Gasteiger charge is -2.17. The fourth-order valence-electron chi connectivity index (χ4n) is 2.26. The maximum absolute atomic E-state index is 14.1. The molecule has 2 aromatic rings. The van der Waals surface area contributed by atoms with Gasteiger partial charge in [0.05, 0.1) is 18.9 Å². The number of hydrogen-bond acceptors (Lipinski definition) is 6. The van der Waals surface area contributed by atoms with Crippen LogP contribution in [0.15, 0.2) is 27.8 Å². The van der Waals surface area contributed by atoms with Crippen LogP contribution in [0.4, 0.5) is 15.9 Å². The third-order valence-electron chi connectivity index (χ3n) is 3.63. The second-order valence-electron chi connectivity index (χ2n) is 5.54. The Kier molecular flexibility index (Phi) is 8.55. The van der Waals surface area contributed by atoms with Gasteiger partial charge in [-0.25, -0.2) is 14.7 Å². The van der Waals surface area contributed by atoms with Crippen molar-refractivity contribution in [1.29, 1.82) is 0 Å². The average Bonchev–Trinajstić information content (AvgIpc) is 2.68. The Hall–Kier alpha value is -2.98. The molecule has 0 radical (unpaired) electrons. The van der Waals surface area contributed by atoms with E-state index in [0.717, 1.165) is 9.13 Å². The molecular formula is C18H25FN4O5. The van der Waals surface area contributed by atoms with Crippen LogP contribution in [-0.4, -0.2) is 33.4 Å². The predicted molar refractivity (Wildman–Crippen MR) is 103 cm³/mol. The Morgan fingerprint density at radius 1 is 1.21 bits per heavy atom. The van der Waals surface area contributed by atoms with Crippen LogP contribution in [0.3, 0.4) is 0 Å². The smallest absolute Gasteiger partial charge is 0.332 e. The molecule has 0 saturated carbocycles. The van der Waals surface area contributed by atoms with Crippen molar-refractivity contribution in [3.05, 3.63) is 56.0 Å². The number of halogens is 1. The van der Waals surface area contributed by atoms with Crippen molar-refractivity contribution < 1.29 is 19.1 Å². The maximum Gasteiger partial charge on any atom is 0.332 e. The summed E-state index contributed by atoms with van der Waals surface area (Å²) in [5.74, 6) is -1.74. The summed E-state index contributed by atoms with van der Waals surface area (Å²) in [6.07, 6.45) is 0. The number of carbonyl (C=O) groups excluding carboxylic acids is 1. The Balaban J connectivity index is 0.00000190. The lowest BCUT2D eigenvalue weighted by atomic mass is 10.2. The topological polar surface area (TPSA) is 115 Å². The molecular weight excluding hydrogens is 371 g/mol. The van der Waals surface area contributed by atoms with Crippen LogP contribution >= 0.6 is 0 Å². The molecule has 1 aromatic carbocycles. The van der Waals surface area contributed by atoms with Gasteiger partial charge >= 0.3 is 5.69 Å². The number of anilines is 2. The molecule has 154 valence electrons. The van der Waals surface area contributed by atoms with Crippen LogP contribution < -0.4 is 22.0 Å². The zero-order chi connectivity index (χ0) is 21.4. The van der Waals surface area contributed by atoms with E-state index in [9.17, 15) is 18.8 Å². The van der Waals surface area contributed by atoms with E-state index in [4.69, 9.17) is 9.94 Å². The number of nitrogens with one attached hydrogen (secondary N) is 2. The molecule has 28 heavy (non-hydrogen) atoms. The fraction of sp³-hybridized carbons (Fsp3) is 0.389. The highest BCUT2D eigenvalue weighted by molar-refractivity contribution is 5.98. The number of benzene rings is 1. The molecule has 0 fully saturated rings. The molecule has 0 aliphatic carbocycles. The minimum atomic E-state index is -0.940. The van der Waals surface area contributed by atoms with Crippen molar-refractivity contribution in [2.45, 2.75) is 20.8 Å². The van der Waals surface area contributed by atoms with Gasteiger partial charge in [0, 0.05) is 14.1 Å². The van der Waals surface area contributed by atoms with Crippen LogP contribution in [0.2, 0.25) is 0 Å². The van der Waals surface area contributed by atoms with E-state index in [1.807, 2.05) is 19.3 Å². The number of aromatic nitrogens is 2. The van der Waals surface area contributed by atoms with Gasteiger partial charge < -0.3 is 10.4 Å². The van der Waals surface area contributed by atoms with E-state index < -0.39 is 28.5 Å². The molecule has 10 heteroatoms. The molecule has 1 aromatic heterocycles. The molecule has 0 unspecified atom stereocenters. The van der Waals surface area contributed by atoms with Crippen LogP contribution in [0.25, 0.3) is 0 Å². The standard InChI is InChI=1S/C16H19FN4O5.C2H6/c1-9-4-5-11(10(17)8-9)18-13-12(14(23)19-26-7-6-22)15(24)21(3)16(25)20(13)2;1-2/h4-5,8,18,22H,6-7H2,1-3H3,(H,19,23);1-2H3. The fourth-order valence-corrected chi connectivity index (χ4v) is 2.26. The molecule has 2 rings (SSSR count). The average molecular weight is 396 g/mol. The maximum atomic E-state index is 14.1. The second kappa shape index (κ2) is 10.4. The first-order chi connectivity index (χ1) is 13.3. The highest BCUT2D eigenvalue weighted by Gasteiger charge is 2.23. The SMILES string of the molecule is CC.Cc1ccc(Nc2c(C(=O)NOCCO)c(=O)n(C)c(=O)n2C)c(F)c1. The lowest BCUT2D eigenvalue weighted by Crippen LogP contribution is -2.43. The summed E-state index contributed by atoms with van der Waals surface area (Å²) in [5.41, 5.74) is 0.660. The molecule has 0 saturated heterocycles. The molecule has 0 atom stereocenters. The van der Waals surface area contributed by atoms with E-state index in [2.05, 4.69) is 5.32 Å². The number of aliphatic hydroxyl groups excluding tert-OH is 1. The van der Waals surface area contributed by atoms with Crippen molar-refractivity contribution in [2.75, 3.05) is 18.5 Å². The summed E-state index contributed by atoms with van der Waals surface area (Å²) >= 11 is 0. The Labute approximate surface area is 161 Å². The van der Waals surface area contributed by atoms with E-state index in [1.54, 1.807) is 13.0 Å². The summed E-state index contributed by atoms with van der Waals surface area (Å²) in [5, 5.41) is 11.3. The Bertz CT molecular complexity index is 952. The van der Waals surface area contributed by atoms with E-state index in [0.29, 0.717) is 5.56 Å².